The number of anilines is 1. The van der Waals surface area contributed by atoms with Crippen molar-refractivity contribution in [2.75, 3.05) is 38.8 Å². The zero-order valence-electron chi connectivity index (χ0n) is 24.6. The van der Waals surface area contributed by atoms with Crippen LogP contribution in [0.25, 0.3) is 11.3 Å². The van der Waals surface area contributed by atoms with Gasteiger partial charge in [0.2, 0.25) is 0 Å². The topological polar surface area (TPSA) is 97.6 Å². The number of carbonyl (C=O) groups excluding carboxylic acids is 2. The van der Waals surface area contributed by atoms with E-state index in [9.17, 15) is 9.59 Å². The van der Waals surface area contributed by atoms with Crippen molar-refractivity contribution in [1.82, 2.24) is 14.9 Å². The molecule has 0 radical (unpaired) electrons. The Labute approximate surface area is 254 Å². The van der Waals surface area contributed by atoms with Crippen LogP contribution in [0.15, 0.2) is 52.9 Å². The first-order valence-corrected chi connectivity index (χ1v) is 14.4. The van der Waals surface area contributed by atoms with Crippen LogP contribution in [0.4, 0.5) is 10.5 Å². The van der Waals surface area contributed by atoms with Crippen molar-refractivity contribution in [2.45, 2.75) is 52.3 Å². The van der Waals surface area contributed by atoms with Crippen LogP contribution >= 0.6 is 22.6 Å². The third kappa shape index (κ3) is 7.31. The fourth-order valence-electron chi connectivity index (χ4n) is 4.72. The van der Waals surface area contributed by atoms with Crippen LogP contribution in [0.3, 0.4) is 0 Å². The number of methoxy groups -OCH3 is 1. The zero-order valence-corrected chi connectivity index (χ0v) is 26.7. The van der Waals surface area contributed by atoms with Gasteiger partial charge < -0.3 is 18.8 Å². The molecule has 2 amide bonds. The lowest BCUT2D eigenvalue weighted by atomic mass is 9.98. The minimum Gasteiger partial charge on any atom is -0.497 e. The van der Waals surface area contributed by atoms with E-state index >= 15 is 0 Å². The van der Waals surface area contributed by atoms with Gasteiger partial charge in [-0.05, 0) is 76.6 Å². The quantitative estimate of drug-likeness (QED) is 0.222. The van der Waals surface area contributed by atoms with E-state index in [0.29, 0.717) is 29.3 Å². The molecule has 0 unspecified atom stereocenters. The molecule has 1 aromatic heterocycles. The lowest BCUT2D eigenvalue weighted by Crippen LogP contribution is -2.61. The summed E-state index contributed by atoms with van der Waals surface area (Å²) in [6, 6.07) is 15.2. The van der Waals surface area contributed by atoms with Crippen molar-refractivity contribution in [1.29, 1.82) is 0 Å². The standard InChI is InChI=1S/C30H37IN4O6/c1-29(2,3)41-28(37)34-17-16-33(19-30(34,4)5)22-12-10-21(11-13-22)25-24(32-27(31)40-25)26(36)35(39-7)18-20-8-14-23(38-6)15-9-20/h8-15H,16-19H2,1-7H3. The van der Waals surface area contributed by atoms with Crippen LogP contribution in [-0.4, -0.2) is 71.9 Å². The summed E-state index contributed by atoms with van der Waals surface area (Å²) in [6.07, 6.45) is -0.299. The molecule has 0 saturated carbocycles. The molecule has 1 saturated heterocycles. The molecular formula is C30H37IN4O6. The van der Waals surface area contributed by atoms with Crippen LogP contribution in [0.5, 0.6) is 5.75 Å². The summed E-state index contributed by atoms with van der Waals surface area (Å²) in [5.41, 5.74) is 1.80. The first-order chi connectivity index (χ1) is 19.3. The first-order valence-electron chi connectivity index (χ1n) is 13.3. The number of rotatable bonds is 7. The highest BCUT2D eigenvalue weighted by atomic mass is 127. The molecule has 2 aromatic carbocycles. The van der Waals surface area contributed by atoms with E-state index < -0.39 is 17.0 Å². The maximum atomic E-state index is 13.5. The number of benzene rings is 2. The number of oxazole rings is 1. The van der Waals surface area contributed by atoms with Crippen molar-refractivity contribution < 1.29 is 28.3 Å². The van der Waals surface area contributed by atoms with Gasteiger partial charge in [-0.1, -0.05) is 12.1 Å². The zero-order chi connectivity index (χ0) is 29.9. The van der Waals surface area contributed by atoms with Crippen LogP contribution in [-0.2, 0) is 16.1 Å². The lowest BCUT2D eigenvalue weighted by Gasteiger charge is -2.47. The normalized spacial score (nSPS) is 15.0. The summed E-state index contributed by atoms with van der Waals surface area (Å²) in [5.74, 6) is 0.696. The molecule has 0 bridgehead atoms. The maximum absolute atomic E-state index is 13.5. The van der Waals surface area contributed by atoms with Gasteiger partial charge in [-0.2, -0.15) is 4.98 Å². The predicted molar refractivity (Wildman–Crippen MR) is 164 cm³/mol. The molecule has 1 aliphatic heterocycles. The highest BCUT2D eigenvalue weighted by Gasteiger charge is 2.39. The Morgan fingerprint density at radius 1 is 1.05 bits per heavy atom. The van der Waals surface area contributed by atoms with E-state index in [1.54, 1.807) is 12.0 Å². The molecule has 0 atom stereocenters. The first kappa shape index (κ1) is 30.6. The van der Waals surface area contributed by atoms with Crippen LogP contribution in [0, 0.1) is 3.90 Å². The average Bonchev–Trinajstić information content (AvgIpc) is 3.31. The van der Waals surface area contributed by atoms with Crippen LogP contribution in [0.2, 0.25) is 0 Å². The molecule has 220 valence electrons. The number of aromatic nitrogens is 1. The molecule has 1 fully saturated rings. The summed E-state index contributed by atoms with van der Waals surface area (Å²) in [4.78, 5) is 40.1. The van der Waals surface area contributed by atoms with E-state index in [1.165, 1.54) is 12.2 Å². The second-order valence-corrected chi connectivity index (χ2v) is 12.4. The van der Waals surface area contributed by atoms with Crippen LogP contribution < -0.4 is 9.64 Å². The minimum absolute atomic E-state index is 0.171. The molecule has 0 N–H and O–H groups in total. The monoisotopic (exact) mass is 676 g/mol. The Kier molecular flexibility index (Phi) is 9.17. The van der Waals surface area contributed by atoms with Crippen LogP contribution in [0.1, 0.15) is 50.7 Å². The molecule has 4 rings (SSSR count). The smallest absolute Gasteiger partial charge is 0.410 e. The summed E-state index contributed by atoms with van der Waals surface area (Å²) in [7, 11) is 3.05. The molecular weight excluding hydrogens is 639 g/mol. The van der Waals surface area contributed by atoms with E-state index in [2.05, 4.69) is 9.88 Å². The number of hydroxylamine groups is 2. The summed E-state index contributed by atoms with van der Waals surface area (Å²) >= 11 is 1.96. The van der Waals surface area contributed by atoms with Crippen molar-refractivity contribution in [2.24, 2.45) is 0 Å². The number of ether oxygens (including phenoxy) is 2. The number of piperazine rings is 1. The molecule has 1 aliphatic rings. The van der Waals surface area contributed by atoms with Gasteiger partial charge in [-0.25, -0.2) is 9.86 Å². The average molecular weight is 677 g/mol. The number of hydrogen-bond acceptors (Lipinski definition) is 8. The second kappa shape index (κ2) is 12.3. The van der Waals surface area contributed by atoms with Gasteiger partial charge in [0.25, 0.3) is 9.80 Å². The molecule has 3 aromatic rings. The van der Waals surface area contributed by atoms with E-state index in [0.717, 1.165) is 22.6 Å². The largest absolute Gasteiger partial charge is 0.497 e. The predicted octanol–water partition coefficient (Wildman–Crippen LogP) is 5.99. The Morgan fingerprint density at radius 3 is 2.27 bits per heavy atom. The maximum Gasteiger partial charge on any atom is 0.410 e. The minimum atomic E-state index is -0.547. The van der Waals surface area contributed by atoms with E-state index in [-0.39, 0.29) is 18.3 Å². The van der Waals surface area contributed by atoms with Crippen molar-refractivity contribution >= 4 is 40.3 Å². The molecule has 41 heavy (non-hydrogen) atoms. The Balaban J connectivity index is 1.49. The molecule has 11 heteroatoms. The third-order valence-corrected chi connectivity index (χ3v) is 7.21. The molecule has 10 nitrogen and oxygen atoms in total. The Morgan fingerprint density at radius 2 is 1.71 bits per heavy atom. The third-order valence-electron chi connectivity index (χ3n) is 6.75. The van der Waals surface area contributed by atoms with Crippen molar-refractivity contribution in [3.63, 3.8) is 0 Å². The van der Waals surface area contributed by atoms with Gasteiger partial charge in [0.05, 0.1) is 26.3 Å². The van der Waals surface area contributed by atoms with Crippen molar-refractivity contribution in [3.8, 4) is 17.1 Å². The van der Waals surface area contributed by atoms with Crippen molar-refractivity contribution in [3.05, 3.63) is 63.7 Å². The van der Waals surface area contributed by atoms with Gasteiger partial charge in [-0.15, -0.1) is 0 Å². The Bertz CT molecular complexity index is 1370. The van der Waals surface area contributed by atoms with Gasteiger partial charge in [0.15, 0.2) is 11.5 Å². The molecule has 0 spiro atoms. The number of halogens is 1. The van der Waals surface area contributed by atoms with Gasteiger partial charge in [0, 0.05) is 53.5 Å². The fourth-order valence-corrected chi connectivity index (χ4v) is 5.18. The van der Waals surface area contributed by atoms with E-state index in [1.807, 2.05) is 106 Å². The van der Waals surface area contributed by atoms with Gasteiger partial charge >= 0.3 is 6.09 Å². The second-order valence-electron chi connectivity index (χ2n) is 11.4. The summed E-state index contributed by atoms with van der Waals surface area (Å²) < 4.78 is 17.1. The van der Waals surface area contributed by atoms with Gasteiger partial charge in [0.1, 0.15) is 11.4 Å². The number of amides is 2. The Hall–Kier alpha value is -3.32. The highest BCUT2D eigenvalue weighted by Crippen LogP contribution is 2.32. The highest BCUT2D eigenvalue weighted by molar-refractivity contribution is 14.1. The van der Waals surface area contributed by atoms with E-state index in [4.69, 9.17) is 18.7 Å². The molecule has 2 heterocycles. The van der Waals surface area contributed by atoms with Gasteiger partial charge in [-0.3, -0.25) is 14.5 Å². The number of nitrogens with zero attached hydrogens (tertiary/aromatic N) is 4. The summed E-state index contributed by atoms with van der Waals surface area (Å²) in [5, 5.41) is 1.25. The summed E-state index contributed by atoms with van der Waals surface area (Å²) in [6.45, 7) is 11.8. The molecule has 0 aliphatic carbocycles. The SMILES string of the molecule is COc1ccc(CN(OC)C(=O)c2nc(I)oc2-c2ccc(N3CCN(C(=O)OC(C)(C)C)C(C)(C)C3)cc2)cc1. The lowest BCUT2D eigenvalue weighted by molar-refractivity contribution is -0.102. The number of carbonyl (C=O) groups is 2. The fraction of sp³-hybridized carbons (Fsp3) is 0.433. The number of hydrogen-bond donors (Lipinski definition) is 0.